The van der Waals surface area contributed by atoms with E-state index in [1.54, 1.807) is 39.1 Å². The number of rotatable bonds is 6. The lowest BCUT2D eigenvalue weighted by Crippen LogP contribution is -2.39. The SMILES string of the molecule is CC(C)=CC(=O)NCc1ccc(C(=O)N(C)CC(C)(C)O)cc1. The van der Waals surface area contributed by atoms with Gasteiger partial charge in [0, 0.05) is 31.8 Å². The minimum atomic E-state index is -0.931. The highest BCUT2D eigenvalue weighted by Crippen LogP contribution is 2.10. The Bertz CT molecular complexity index is 579. The van der Waals surface area contributed by atoms with Crippen molar-refractivity contribution in [3.05, 3.63) is 47.0 Å². The van der Waals surface area contributed by atoms with E-state index in [-0.39, 0.29) is 18.4 Å². The number of likely N-dealkylation sites (N-methyl/N-ethyl adjacent to an activating group) is 1. The van der Waals surface area contributed by atoms with Crippen LogP contribution in [0.2, 0.25) is 0 Å². The predicted molar refractivity (Wildman–Crippen MR) is 91.0 cm³/mol. The van der Waals surface area contributed by atoms with Crippen LogP contribution in [0.4, 0.5) is 0 Å². The van der Waals surface area contributed by atoms with Crippen LogP contribution >= 0.6 is 0 Å². The van der Waals surface area contributed by atoms with Crippen molar-refractivity contribution in [1.82, 2.24) is 10.2 Å². The van der Waals surface area contributed by atoms with Crippen molar-refractivity contribution >= 4 is 11.8 Å². The zero-order valence-electron chi connectivity index (χ0n) is 14.5. The summed E-state index contributed by atoms with van der Waals surface area (Å²) in [5, 5.41) is 12.6. The Morgan fingerprint density at radius 1 is 1.22 bits per heavy atom. The summed E-state index contributed by atoms with van der Waals surface area (Å²) in [5.74, 6) is -0.276. The van der Waals surface area contributed by atoms with Gasteiger partial charge in [-0.3, -0.25) is 9.59 Å². The second-order valence-electron chi connectivity index (χ2n) is 6.61. The molecule has 0 saturated heterocycles. The van der Waals surface area contributed by atoms with Crippen molar-refractivity contribution in [1.29, 1.82) is 0 Å². The number of amides is 2. The Morgan fingerprint density at radius 2 is 1.78 bits per heavy atom. The minimum absolute atomic E-state index is 0.130. The van der Waals surface area contributed by atoms with Crippen LogP contribution in [-0.4, -0.2) is 41.0 Å². The second kappa shape index (κ2) is 7.92. The van der Waals surface area contributed by atoms with E-state index in [1.165, 1.54) is 4.90 Å². The van der Waals surface area contributed by atoms with Crippen LogP contribution in [0.15, 0.2) is 35.9 Å². The van der Waals surface area contributed by atoms with Crippen LogP contribution in [0.5, 0.6) is 0 Å². The van der Waals surface area contributed by atoms with Crippen molar-refractivity contribution in [3.8, 4) is 0 Å². The fourth-order valence-corrected chi connectivity index (χ4v) is 2.14. The first-order valence-corrected chi connectivity index (χ1v) is 7.58. The van der Waals surface area contributed by atoms with E-state index >= 15 is 0 Å². The Labute approximate surface area is 138 Å². The molecule has 0 aromatic heterocycles. The van der Waals surface area contributed by atoms with Crippen molar-refractivity contribution in [2.45, 2.75) is 39.8 Å². The van der Waals surface area contributed by atoms with Gasteiger partial charge in [-0.15, -0.1) is 0 Å². The molecule has 0 spiro atoms. The average Bonchev–Trinajstić information content (AvgIpc) is 2.42. The van der Waals surface area contributed by atoms with Crippen LogP contribution in [0.25, 0.3) is 0 Å². The highest BCUT2D eigenvalue weighted by Gasteiger charge is 2.20. The van der Waals surface area contributed by atoms with Gasteiger partial charge in [0.05, 0.1) is 5.60 Å². The Hall–Kier alpha value is -2.14. The number of hydrogen-bond donors (Lipinski definition) is 2. The summed E-state index contributed by atoms with van der Waals surface area (Å²) in [4.78, 5) is 25.3. The lowest BCUT2D eigenvalue weighted by Gasteiger charge is -2.25. The minimum Gasteiger partial charge on any atom is -0.389 e. The maximum absolute atomic E-state index is 12.3. The molecule has 5 nitrogen and oxygen atoms in total. The lowest BCUT2D eigenvalue weighted by molar-refractivity contribution is -0.116. The Kier molecular flexibility index (Phi) is 6.51. The predicted octanol–water partition coefficient (Wildman–Crippen LogP) is 2.11. The van der Waals surface area contributed by atoms with E-state index in [2.05, 4.69) is 5.32 Å². The molecule has 0 heterocycles. The van der Waals surface area contributed by atoms with Gasteiger partial charge >= 0.3 is 0 Å². The molecule has 1 rings (SSSR count). The van der Waals surface area contributed by atoms with E-state index < -0.39 is 5.60 Å². The number of carbonyl (C=O) groups is 2. The lowest BCUT2D eigenvalue weighted by atomic mass is 10.1. The fourth-order valence-electron chi connectivity index (χ4n) is 2.14. The molecule has 0 aliphatic carbocycles. The molecule has 0 aliphatic heterocycles. The van der Waals surface area contributed by atoms with Crippen LogP contribution in [0, 0.1) is 0 Å². The number of aliphatic hydroxyl groups is 1. The molecule has 1 aromatic rings. The van der Waals surface area contributed by atoms with Crippen LogP contribution in [0.1, 0.15) is 43.6 Å². The average molecular weight is 318 g/mol. The van der Waals surface area contributed by atoms with Gasteiger partial charge < -0.3 is 15.3 Å². The van der Waals surface area contributed by atoms with E-state index in [9.17, 15) is 14.7 Å². The van der Waals surface area contributed by atoms with Gasteiger partial charge in [0.15, 0.2) is 0 Å². The third kappa shape index (κ3) is 7.10. The summed E-state index contributed by atoms with van der Waals surface area (Å²) < 4.78 is 0. The van der Waals surface area contributed by atoms with Crippen molar-refractivity contribution in [2.75, 3.05) is 13.6 Å². The van der Waals surface area contributed by atoms with Gasteiger partial charge in [-0.25, -0.2) is 0 Å². The fraction of sp³-hybridized carbons (Fsp3) is 0.444. The molecule has 0 radical (unpaired) electrons. The second-order valence-corrected chi connectivity index (χ2v) is 6.61. The number of hydrogen-bond acceptors (Lipinski definition) is 3. The molecule has 0 fully saturated rings. The summed E-state index contributed by atoms with van der Waals surface area (Å²) in [6.45, 7) is 7.72. The molecule has 0 unspecified atom stereocenters. The van der Waals surface area contributed by atoms with E-state index in [1.807, 2.05) is 26.0 Å². The standard InChI is InChI=1S/C18H26N2O3/c1-13(2)10-16(21)19-11-14-6-8-15(9-7-14)17(22)20(5)12-18(3,4)23/h6-10,23H,11-12H2,1-5H3,(H,19,21). The molecular formula is C18H26N2O3. The normalized spacial score (nSPS) is 10.9. The highest BCUT2D eigenvalue weighted by molar-refractivity contribution is 5.94. The van der Waals surface area contributed by atoms with Gasteiger partial charge in [0.25, 0.3) is 5.91 Å². The first-order chi connectivity index (χ1) is 10.6. The maximum Gasteiger partial charge on any atom is 0.253 e. The Morgan fingerprint density at radius 3 is 2.26 bits per heavy atom. The van der Waals surface area contributed by atoms with Crippen molar-refractivity contribution < 1.29 is 14.7 Å². The molecule has 23 heavy (non-hydrogen) atoms. The molecule has 0 bridgehead atoms. The zero-order chi connectivity index (χ0) is 17.6. The van der Waals surface area contributed by atoms with Gasteiger partial charge in [0.2, 0.25) is 5.91 Å². The molecule has 0 atom stereocenters. The summed E-state index contributed by atoms with van der Waals surface area (Å²) in [6.07, 6.45) is 1.55. The van der Waals surface area contributed by atoms with E-state index in [0.717, 1.165) is 11.1 Å². The number of nitrogens with one attached hydrogen (secondary N) is 1. The quantitative estimate of drug-likeness (QED) is 0.789. The largest absolute Gasteiger partial charge is 0.389 e. The maximum atomic E-state index is 12.3. The molecule has 2 N–H and O–H groups in total. The third-order valence-corrected chi connectivity index (χ3v) is 3.06. The van der Waals surface area contributed by atoms with Crippen LogP contribution < -0.4 is 5.32 Å². The Balaban J connectivity index is 2.64. The molecule has 1 aromatic carbocycles. The van der Waals surface area contributed by atoms with Gasteiger partial charge in [0.1, 0.15) is 0 Å². The number of allylic oxidation sites excluding steroid dienone is 1. The summed E-state index contributed by atoms with van der Waals surface area (Å²) in [6, 6.07) is 7.08. The first kappa shape index (κ1) is 18.9. The van der Waals surface area contributed by atoms with Gasteiger partial charge in [-0.2, -0.15) is 0 Å². The molecule has 126 valence electrons. The summed E-state index contributed by atoms with van der Waals surface area (Å²) in [5.41, 5.74) is 1.48. The number of benzene rings is 1. The highest BCUT2D eigenvalue weighted by atomic mass is 16.3. The smallest absolute Gasteiger partial charge is 0.253 e. The molecular weight excluding hydrogens is 292 g/mol. The summed E-state index contributed by atoms with van der Waals surface area (Å²) >= 11 is 0. The van der Waals surface area contributed by atoms with E-state index in [4.69, 9.17) is 0 Å². The first-order valence-electron chi connectivity index (χ1n) is 7.58. The zero-order valence-corrected chi connectivity index (χ0v) is 14.5. The van der Waals surface area contributed by atoms with Crippen LogP contribution in [-0.2, 0) is 11.3 Å². The third-order valence-electron chi connectivity index (χ3n) is 3.06. The number of carbonyl (C=O) groups excluding carboxylic acids is 2. The monoisotopic (exact) mass is 318 g/mol. The summed E-state index contributed by atoms with van der Waals surface area (Å²) in [7, 11) is 1.66. The molecule has 2 amide bonds. The molecule has 5 heteroatoms. The number of nitrogens with zero attached hydrogens (tertiary/aromatic N) is 1. The van der Waals surface area contributed by atoms with E-state index in [0.29, 0.717) is 12.1 Å². The van der Waals surface area contributed by atoms with Gasteiger partial charge in [-0.1, -0.05) is 17.7 Å². The van der Waals surface area contributed by atoms with Crippen molar-refractivity contribution in [2.24, 2.45) is 0 Å². The topological polar surface area (TPSA) is 69.6 Å². The van der Waals surface area contributed by atoms with Crippen LogP contribution in [0.3, 0.4) is 0 Å². The molecule has 0 aliphatic rings. The van der Waals surface area contributed by atoms with Crippen molar-refractivity contribution in [3.63, 3.8) is 0 Å². The molecule has 0 saturated carbocycles. The van der Waals surface area contributed by atoms with Gasteiger partial charge in [-0.05, 0) is 45.4 Å².